The van der Waals surface area contributed by atoms with Gasteiger partial charge in [0.1, 0.15) is 11.3 Å². The van der Waals surface area contributed by atoms with Crippen LogP contribution in [-0.4, -0.2) is 18.5 Å². The quantitative estimate of drug-likeness (QED) is 0.502. The van der Waals surface area contributed by atoms with Crippen LogP contribution in [0.15, 0.2) is 24.3 Å². The molecule has 0 aliphatic heterocycles. The van der Waals surface area contributed by atoms with Crippen LogP contribution in [0.5, 0.6) is 5.75 Å². The maximum absolute atomic E-state index is 12.3. The molecule has 4 nitrogen and oxygen atoms in total. The summed E-state index contributed by atoms with van der Waals surface area (Å²) in [5, 5.41) is 0. The van der Waals surface area contributed by atoms with E-state index in [1.165, 1.54) is 0 Å². The van der Waals surface area contributed by atoms with Crippen molar-refractivity contribution >= 4 is 11.9 Å². The number of unbranched alkanes of at least 4 members (excludes halogenated alkanes) is 1. The number of carbonyl (C=O) groups excluding carboxylic acids is 2. The molecule has 0 N–H and O–H groups in total. The van der Waals surface area contributed by atoms with Crippen molar-refractivity contribution < 1.29 is 19.1 Å². The first-order valence-corrected chi connectivity index (χ1v) is 8.11. The van der Waals surface area contributed by atoms with E-state index in [1.807, 2.05) is 13.8 Å². The highest BCUT2D eigenvalue weighted by Gasteiger charge is 2.21. The molecule has 22 heavy (non-hydrogen) atoms. The average Bonchev–Trinajstić information content (AvgIpc) is 2.53. The summed E-state index contributed by atoms with van der Waals surface area (Å²) >= 11 is 0. The molecule has 0 aliphatic rings. The third kappa shape index (κ3) is 5.51. The highest BCUT2D eigenvalue weighted by Crippen LogP contribution is 2.22. The maximum Gasteiger partial charge on any atom is 0.341 e. The molecule has 0 saturated heterocycles. The highest BCUT2D eigenvalue weighted by molar-refractivity contribution is 5.93. The Labute approximate surface area is 132 Å². The van der Waals surface area contributed by atoms with Gasteiger partial charge in [-0.3, -0.25) is 4.79 Å². The summed E-state index contributed by atoms with van der Waals surface area (Å²) in [5.41, 5.74) is 0.301. The molecule has 1 aromatic carbocycles. The number of hydrogen-bond donors (Lipinski definition) is 0. The Morgan fingerprint density at radius 2 is 1.82 bits per heavy atom. The molecule has 0 saturated carbocycles. The van der Waals surface area contributed by atoms with Gasteiger partial charge in [0.05, 0.1) is 12.5 Å². The van der Waals surface area contributed by atoms with Gasteiger partial charge in [-0.05, 0) is 31.4 Å². The molecular weight excluding hydrogens is 280 g/mol. The van der Waals surface area contributed by atoms with E-state index in [0.29, 0.717) is 12.2 Å². The number of rotatable bonds is 9. The van der Waals surface area contributed by atoms with Crippen molar-refractivity contribution in [2.45, 2.75) is 52.9 Å². The Morgan fingerprint density at radius 1 is 1.09 bits per heavy atom. The van der Waals surface area contributed by atoms with E-state index < -0.39 is 5.97 Å². The minimum atomic E-state index is -0.452. The van der Waals surface area contributed by atoms with Gasteiger partial charge in [0.15, 0.2) is 0 Å². The second kappa shape index (κ2) is 9.98. The van der Waals surface area contributed by atoms with Crippen molar-refractivity contribution in [3.63, 3.8) is 0 Å². The minimum absolute atomic E-state index is 0.125. The fourth-order valence-corrected chi connectivity index (χ4v) is 2.13. The standard InChI is InChI=1S/C18H26O4/c1-4-7-10-14(6-3)17(19)22-16-12-9-8-11-15(16)18(20)21-13-5-2/h8-9,11-12,14H,4-7,10,13H2,1-3H3. The topological polar surface area (TPSA) is 52.6 Å². The van der Waals surface area contributed by atoms with Gasteiger partial charge in [-0.1, -0.05) is 45.7 Å². The maximum atomic E-state index is 12.3. The predicted molar refractivity (Wildman–Crippen MR) is 86.0 cm³/mol. The van der Waals surface area contributed by atoms with Crippen LogP contribution in [0.4, 0.5) is 0 Å². The van der Waals surface area contributed by atoms with Crippen LogP contribution in [0.3, 0.4) is 0 Å². The fourth-order valence-electron chi connectivity index (χ4n) is 2.13. The molecule has 0 bridgehead atoms. The van der Waals surface area contributed by atoms with Crippen LogP contribution in [-0.2, 0) is 9.53 Å². The van der Waals surface area contributed by atoms with E-state index in [1.54, 1.807) is 24.3 Å². The van der Waals surface area contributed by atoms with Crippen molar-refractivity contribution in [2.75, 3.05) is 6.61 Å². The number of hydrogen-bond acceptors (Lipinski definition) is 4. The molecule has 0 fully saturated rings. The van der Waals surface area contributed by atoms with E-state index in [4.69, 9.17) is 9.47 Å². The normalized spacial score (nSPS) is 11.8. The molecule has 1 atom stereocenters. The zero-order valence-corrected chi connectivity index (χ0v) is 13.8. The van der Waals surface area contributed by atoms with Crippen LogP contribution in [0, 0.1) is 5.92 Å². The van der Waals surface area contributed by atoms with Gasteiger partial charge in [-0.25, -0.2) is 4.79 Å². The first-order chi connectivity index (χ1) is 10.6. The first kappa shape index (κ1) is 18.2. The summed E-state index contributed by atoms with van der Waals surface area (Å²) in [6, 6.07) is 6.72. The van der Waals surface area contributed by atoms with Gasteiger partial charge < -0.3 is 9.47 Å². The van der Waals surface area contributed by atoms with Gasteiger partial charge >= 0.3 is 11.9 Å². The zero-order chi connectivity index (χ0) is 16.4. The second-order valence-corrected chi connectivity index (χ2v) is 5.30. The Bertz CT molecular complexity index is 482. The van der Waals surface area contributed by atoms with Crippen LogP contribution >= 0.6 is 0 Å². The van der Waals surface area contributed by atoms with Crippen molar-refractivity contribution in [2.24, 2.45) is 5.92 Å². The molecule has 4 heteroatoms. The van der Waals surface area contributed by atoms with Crippen LogP contribution in [0.1, 0.15) is 63.2 Å². The number of para-hydroxylation sites is 1. The van der Waals surface area contributed by atoms with Gasteiger partial charge in [0.25, 0.3) is 0 Å². The Kier molecular flexibility index (Phi) is 8.26. The molecule has 122 valence electrons. The van der Waals surface area contributed by atoms with Crippen LogP contribution in [0.2, 0.25) is 0 Å². The molecule has 1 rings (SSSR count). The number of carbonyl (C=O) groups is 2. The predicted octanol–water partition coefficient (Wildman–Crippen LogP) is 4.38. The summed E-state index contributed by atoms with van der Waals surface area (Å²) < 4.78 is 10.6. The lowest BCUT2D eigenvalue weighted by molar-refractivity contribution is -0.139. The molecule has 0 amide bonds. The molecule has 0 radical (unpaired) electrons. The van der Waals surface area contributed by atoms with E-state index in [9.17, 15) is 9.59 Å². The molecule has 0 spiro atoms. The van der Waals surface area contributed by atoms with Gasteiger partial charge in [0.2, 0.25) is 0 Å². The third-order valence-corrected chi connectivity index (χ3v) is 3.49. The van der Waals surface area contributed by atoms with E-state index in [2.05, 4.69) is 6.92 Å². The van der Waals surface area contributed by atoms with Crippen molar-refractivity contribution in [1.29, 1.82) is 0 Å². The van der Waals surface area contributed by atoms with Gasteiger partial charge in [-0.2, -0.15) is 0 Å². The largest absolute Gasteiger partial charge is 0.462 e. The van der Waals surface area contributed by atoms with E-state index in [0.717, 1.165) is 32.1 Å². The smallest absolute Gasteiger partial charge is 0.341 e. The van der Waals surface area contributed by atoms with E-state index >= 15 is 0 Å². The molecule has 0 aliphatic carbocycles. The first-order valence-electron chi connectivity index (χ1n) is 8.11. The monoisotopic (exact) mass is 306 g/mol. The lowest BCUT2D eigenvalue weighted by Gasteiger charge is -2.15. The van der Waals surface area contributed by atoms with Gasteiger partial charge in [-0.15, -0.1) is 0 Å². The zero-order valence-electron chi connectivity index (χ0n) is 13.8. The average molecular weight is 306 g/mol. The second-order valence-electron chi connectivity index (χ2n) is 5.30. The lowest BCUT2D eigenvalue weighted by Crippen LogP contribution is -2.21. The van der Waals surface area contributed by atoms with Crippen molar-refractivity contribution in [1.82, 2.24) is 0 Å². The van der Waals surface area contributed by atoms with Gasteiger partial charge in [0, 0.05) is 0 Å². The molecule has 1 unspecified atom stereocenters. The Balaban J connectivity index is 2.79. The lowest BCUT2D eigenvalue weighted by atomic mass is 10.00. The molecule has 1 aromatic rings. The van der Waals surface area contributed by atoms with Crippen molar-refractivity contribution in [3.05, 3.63) is 29.8 Å². The summed E-state index contributed by atoms with van der Waals surface area (Å²) in [7, 11) is 0. The molecular formula is C18H26O4. The number of benzene rings is 1. The SMILES string of the molecule is CCCCC(CC)C(=O)Oc1ccccc1C(=O)OCCC. The Morgan fingerprint density at radius 3 is 2.45 bits per heavy atom. The minimum Gasteiger partial charge on any atom is -0.462 e. The third-order valence-electron chi connectivity index (χ3n) is 3.49. The highest BCUT2D eigenvalue weighted by atomic mass is 16.5. The van der Waals surface area contributed by atoms with Crippen molar-refractivity contribution in [3.8, 4) is 5.75 Å². The van der Waals surface area contributed by atoms with Crippen LogP contribution in [0.25, 0.3) is 0 Å². The summed E-state index contributed by atoms with van der Waals surface area (Å²) in [5.74, 6) is -0.568. The number of ether oxygens (including phenoxy) is 2. The summed E-state index contributed by atoms with van der Waals surface area (Å²) in [6.45, 7) is 6.36. The fraction of sp³-hybridized carbons (Fsp3) is 0.556. The molecule has 0 heterocycles. The Hall–Kier alpha value is -1.84. The summed E-state index contributed by atoms with van der Waals surface area (Å²) in [4.78, 5) is 24.3. The number of esters is 2. The summed E-state index contributed by atoms with van der Waals surface area (Å²) in [6.07, 6.45) is 4.34. The van der Waals surface area contributed by atoms with Crippen LogP contribution < -0.4 is 4.74 Å². The molecule has 0 aromatic heterocycles. The van der Waals surface area contributed by atoms with E-state index in [-0.39, 0.29) is 17.6 Å².